The average Bonchev–Trinajstić information content (AvgIpc) is 2.27. The fourth-order valence-electron chi connectivity index (χ4n) is 1.61. The summed E-state index contributed by atoms with van der Waals surface area (Å²) >= 11 is 0. The molecule has 0 bridgehead atoms. The van der Waals surface area contributed by atoms with Gasteiger partial charge in [0, 0.05) is 0 Å². The first-order valence-electron chi connectivity index (χ1n) is 6.48. The van der Waals surface area contributed by atoms with Crippen LogP contribution in [0.4, 0.5) is 0 Å². The topological polar surface area (TPSA) is 37.3 Å². The van der Waals surface area contributed by atoms with Gasteiger partial charge in [-0.15, -0.1) is 6.58 Å². The number of rotatable bonds is 8. The fraction of sp³-hybridized carbons (Fsp3) is 0.562. The van der Waals surface area contributed by atoms with Crippen LogP contribution in [-0.2, 0) is 4.79 Å². The summed E-state index contributed by atoms with van der Waals surface area (Å²) in [5, 5.41) is 9.10. The van der Waals surface area contributed by atoms with Gasteiger partial charge >= 0.3 is 5.97 Å². The molecule has 1 atom stereocenters. The number of carboxylic acids is 1. The molecule has 0 heterocycles. The molecule has 102 valence electrons. The molecule has 2 heteroatoms. The highest BCUT2D eigenvalue weighted by Crippen LogP contribution is 2.25. The molecule has 0 unspecified atom stereocenters. The van der Waals surface area contributed by atoms with E-state index in [1.54, 1.807) is 6.92 Å². The molecule has 0 rings (SSSR count). The standard InChI is InChI=1S/C16H26O2/c1-6-16(5,15(17)18)12-8-11-14(4)10-7-9-13(2)3/h6,9,11H,1,7-8,10,12H2,2-5H3,(H,17,18)/b14-11+/t16-/m0/s1. The number of hydrogen-bond donors (Lipinski definition) is 1. The quantitative estimate of drug-likeness (QED) is 0.632. The Labute approximate surface area is 111 Å². The second-order valence-corrected chi connectivity index (χ2v) is 5.34. The smallest absolute Gasteiger partial charge is 0.313 e. The van der Waals surface area contributed by atoms with Crippen molar-refractivity contribution in [2.24, 2.45) is 5.41 Å². The van der Waals surface area contributed by atoms with Crippen LogP contribution >= 0.6 is 0 Å². The largest absolute Gasteiger partial charge is 0.481 e. The van der Waals surface area contributed by atoms with Crippen LogP contribution in [0.1, 0.15) is 53.4 Å². The van der Waals surface area contributed by atoms with Crippen LogP contribution in [0.2, 0.25) is 0 Å². The molecule has 1 N–H and O–H groups in total. The van der Waals surface area contributed by atoms with Gasteiger partial charge in [0.2, 0.25) is 0 Å². The zero-order chi connectivity index (χ0) is 14.2. The molecule has 0 spiro atoms. The first-order valence-corrected chi connectivity index (χ1v) is 6.48. The van der Waals surface area contributed by atoms with E-state index in [0.29, 0.717) is 6.42 Å². The van der Waals surface area contributed by atoms with Gasteiger partial charge in [0.05, 0.1) is 5.41 Å². The Hall–Kier alpha value is -1.31. The van der Waals surface area contributed by atoms with Crippen molar-refractivity contribution in [2.45, 2.75) is 53.4 Å². The van der Waals surface area contributed by atoms with Crippen molar-refractivity contribution in [2.75, 3.05) is 0 Å². The molecule has 0 fully saturated rings. The number of allylic oxidation sites excluding steroid dienone is 4. The van der Waals surface area contributed by atoms with Gasteiger partial charge in [-0.1, -0.05) is 29.4 Å². The Morgan fingerprint density at radius 3 is 2.28 bits per heavy atom. The molecule has 18 heavy (non-hydrogen) atoms. The minimum absolute atomic E-state index is 0.603. The number of carboxylic acid groups (broad SMARTS) is 1. The zero-order valence-corrected chi connectivity index (χ0v) is 12.1. The van der Waals surface area contributed by atoms with E-state index in [0.717, 1.165) is 19.3 Å². The van der Waals surface area contributed by atoms with Crippen molar-refractivity contribution in [1.82, 2.24) is 0 Å². The molecule has 2 nitrogen and oxygen atoms in total. The molecule has 0 aliphatic heterocycles. The van der Waals surface area contributed by atoms with Crippen molar-refractivity contribution >= 4 is 5.97 Å². The lowest BCUT2D eigenvalue weighted by Crippen LogP contribution is -2.24. The molecule has 0 amide bonds. The molecule has 0 aliphatic carbocycles. The lowest BCUT2D eigenvalue weighted by Gasteiger charge is -2.19. The number of carbonyl (C=O) groups is 1. The lowest BCUT2D eigenvalue weighted by molar-refractivity contribution is -0.145. The monoisotopic (exact) mass is 250 g/mol. The van der Waals surface area contributed by atoms with Gasteiger partial charge in [-0.25, -0.2) is 0 Å². The summed E-state index contributed by atoms with van der Waals surface area (Å²) in [7, 11) is 0. The van der Waals surface area contributed by atoms with Crippen LogP contribution in [0.25, 0.3) is 0 Å². The first-order chi connectivity index (χ1) is 8.31. The maximum absolute atomic E-state index is 11.1. The third-order valence-electron chi connectivity index (χ3n) is 3.19. The van der Waals surface area contributed by atoms with Crippen molar-refractivity contribution in [1.29, 1.82) is 0 Å². The second kappa shape index (κ2) is 7.91. The van der Waals surface area contributed by atoms with E-state index < -0.39 is 11.4 Å². The maximum atomic E-state index is 11.1. The molecule has 0 aromatic carbocycles. The first kappa shape index (κ1) is 16.7. The Balaban J connectivity index is 4.19. The SMILES string of the molecule is C=C[C@@](C)(CC/C=C(\C)CCC=C(C)C)C(=O)O. The van der Waals surface area contributed by atoms with Crippen LogP contribution in [0.3, 0.4) is 0 Å². The average molecular weight is 250 g/mol. The van der Waals surface area contributed by atoms with Gasteiger partial charge in [0.25, 0.3) is 0 Å². The minimum Gasteiger partial charge on any atom is -0.481 e. The van der Waals surface area contributed by atoms with Gasteiger partial charge < -0.3 is 5.11 Å². The highest BCUT2D eigenvalue weighted by molar-refractivity contribution is 5.76. The number of aliphatic carboxylic acids is 1. The van der Waals surface area contributed by atoms with E-state index in [1.165, 1.54) is 17.2 Å². The molecule has 0 aliphatic rings. The molecule has 0 saturated carbocycles. The summed E-state index contributed by atoms with van der Waals surface area (Å²) in [6.07, 6.45) is 9.39. The molecule has 0 radical (unpaired) electrons. The van der Waals surface area contributed by atoms with E-state index in [4.69, 9.17) is 5.11 Å². The third kappa shape index (κ3) is 6.43. The molecule has 0 aromatic heterocycles. The van der Waals surface area contributed by atoms with E-state index in [9.17, 15) is 4.79 Å². The van der Waals surface area contributed by atoms with Gasteiger partial charge in [-0.05, 0) is 53.4 Å². The Morgan fingerprint density at radius 2 is 1.83 bits per heavy atom. The minimum atomic E-state index is -0.809. The Bertz CT molecular complexity index is 346. The maximum Gasteiger partial charge on any atom is 0.313 e. The molecule has 0 saturated heterocycles. The molecule has 0 aromatic rings. The predicted octanol–water partition coefficient (Wildman–Crippen LogP) is 4.74. The van der Waals surface area contributed by atoms with Crippen LogP contribution in [0.5, 0.6) is 0 Å². The fourth-order valence-corrected chi connectivity index (χ4v) is 1.61. The van der Waals surface area contributed by atoms with E-state index in [2.05, 4.69) is 39.5 Å². The lowest BCUT2D eigenvalue weighted by atomic mass is 9.85. The normalized spacial score (nSPS) is 14.8. The van der Waals surface area contributed by atoms with Crippen LogP contribution in [0.15, 0.2) is 36.0 Å². The molecular formula is C16H26O2. The third-order valence-corrected chi connectivity index (χ3v) is 3.19. The second-order valence-electron chi connectivity index (χ2n) is 5.34. The Kier molecular flexibility index (Phi) is 7.33. The van der Waals surface area contributed by atoms with Crippen molar-refractivity contribution in [3.05, 3.63) is 36.0 Å². The molecular weight excluding hydrogens is 224 g/mol. The summed E-state index contributed by atoms with van der Waals surface area (Å²) in [6, 6.07) is 0. The summed E-state index contributed by atoms with van der Waals surface area (Å²) in [4.78, 5) is 11.1. The van der Waals surface area contributed by atoms with Crippen LogP contribution < -0.4 is 0 Å². The predicted molar refractivity (Wildman–Crippen MR) is 77.6 cm³/mol. The number of hydrogen-bond acceptors (Lipinski definition) is 1. The van der Waals surface area contributed by atoms with Gasteiger partial charge in [-0.2, -0.15) is 0 Å². The zero-order valence-electron chi connectivity index (χ0n) is 12.1. The highest BCUT2D eigenvalue weighted by Gasteiger charge is 2.28. The summed E-state index contributed by atoms with van der Waals surface area (Å²) in [6.45, 7) is 11.6. The summed E-state index contributed by atoms with van der Waals surface area (Å²) in [5.41, 5.74) is 1.86. The van der Waals surface area contributed by atoms with E-state index in [-0.39, 0.29) is 0 Å². The van der Waals surface area contributed by atoms with Gasteiger partial charge in [0.15, 0.2) is 0 Å². The van der Waals surface area contributed by atoms with Crippen molar-refractivity contribution in [3.8, 4) is 0 Å². The van der Waals surface area contributed by atoms with Crippen LogP contribution in [0, 0.1) is 5.41 Å². The Morgan fingerprint density at radius 1 is 1.22 bits per heavy atom. The van der Waals surface area contributed by atoms with Crippen LogP contribution in [-0.4, -0.2) is 11.1 Å². The van der Waals surface area contributed by atoms with E-state index >= 15 is 0 Å². The van der Waals surface area contributed by atoms with E-state index in [1.807, 2.05) is 0 Å². The van der Waals surface area contributed by atoms with Crippen molar-refractivity contribution in [3.63, 3.8) is 0 Å². The van der Waals surface area contributed by atoms with Gasteiger partial charge in [0.1, 0.15) is 0 Å². The van der Waals surface area contributed by atoms with Crippen molar-refractivity contribution < 1.29 is 9.90 Å². The van der Waals surface area contributed by atoms with Gasteiger partial charge in [-0.3, -0.25) is 4.79 Å². The highest BCUT2D eigenvalue weighted by atomic mass is 16.4. The summed E-state index contributed by atoms with van der Waals surface area (Å²) < 4.78 is 0. The summed E-state index contributed by atoms with van der Waals surface area (Å²) in [5.74, 6) is -0.798.